The van der Waals surface area contributed by atoms with Crippen LogP contribution in [0.2, 0.25) is 5.02 Å². The largest absolute Gasteiger partial charge is 0.497 e. The van der Waals surface area contributed by atoms with Gasteiger partial charge in [-0.15, -0.1) is 0 Å². The molecule has 0 aliphatic rings. The first-order chi connectivity index (χ1) is 13.5. The molecule has 0 saturated heterocycles. The molecule has 0 radical (unpaired) electrons. The van der Waals surface area contributed by atoms with E-state index in [1.54, 1.807) is 55.6 Å². The fourth-order valence-electron chi connectivity index (χ4n) is 2.56. The highest BCUT2D eigenvalue weighted by molar-refractivity contribution is 6.30. The third kappa shape index (κ3) is 4.50. The molecular weight excluding hydrogens is 382 g/mol. The quantitative estimate of drug-likeness (QED) is 0.688. The number of carbonyl (C=O) groups is 1. The minimum absolute atomic E-state index is 0.241. The van der Waals surface area contributed by atoms with Crippen LogP contribution < -0.4 is 20.3 Å². The van der Waals surface area contributed by atoms with E-state index in [4.69, 9.17) is 21.1 Å². The van der Waals surface area contributed by atoms with Crippen molar-refractivity contribution in [1.29, 1.82) is 0 Å². The molecule has 0 saturated carbocycles. The number of benzene rings is 2. The van der Waals surface area contributed by atoms with Gasteiger partial charge in [-0.3, -0.25) is 9.59 Å². The zero-order valence-electron chi connectivity index (χ0n) is 15.3. The number of methoxy groups -OCH3 is 2. The molecule has 28 heavy (non-hydrogen) atoms. The lowest BCUT2D eigenvalue weighted by Crippen LogP contribution is -2.29. The van der Waals surface area contributed by atoms with E-state index in [0.29, 0.717) is 27.9 Å². The van der Waals surface area contributed by atoms with Gasteiger partial charge in [-0.25, -0.2) is 4.68 Å². The van der Waals surface area contributed by atoms with Crippen LogP contribution in [0.25, 0.3) is 11.3 Å². The molecule has 0 aliphatic carbocycles. The molecule has 1 N–H and O–H groups in total. The van der Waals surface area contributed by atoms with Crippen molar-refractivity contribution in [1.82, 2.24) is 9.78 Å². The summed E-state index contributed by atoms with van der Waals surface area (Å²) in [4.78, 5) is 24.5. The van der Waals surface area contributed by atoms with Crippen LogP contribution in [0.5, 0.6) is 11.5 Å². The second kappa shape index (κ2) is 8.58. The fraction of sp³-hybridized carbons (Fsp3) is 0.150. The molecule has 1 aromatic heterocycles. The van der Waals surface area contributed by atoms with Crippen molar-refractivity contribution < 1.29 is 14.3 Å². The van der Waals surface area contributed by atoms with Gasteiger partial charge in [-0.2, -0.15) is 5.10 Å². The van der Waals surface area contributed by atoms with Crippen molar-refractivity contribution in [2.24, 2.45) is 0 Å². The van der Waals surface area contributed by atoms with Gasteiger partial charge in [0.15, 0.2) is 0 Å². The number of hydrogen-bond donors (Lipinski definition) is 1. The number of nitrogens with one attached hydrogen (secondary N) is 1. The van der Waals surface area contributed by atoms with Crippen molar-refractivity contribution in [3.63, 3.8) is 0 Å². The first-order valence-corrected chi connectivity index (χ1v) is 8.74. The molecule has 3 aromatic rings. The maximum atomic E-state index is 12.4. The molecule has 0 fully saturated rings. The monoisotopic (exact) mass is 399 g/mol. The van der Waals surface area contributed by atoms with Crippen LogP contribution in [0, 0.1) is 0 Å². The number of carbonyl (C=O) groups excluding carboxylic acids is 1. The summed E-state index contributed by atoms with van der Waals surface area (Å²) in [7, 11) is 3.03. The third-order valence-electron chi connectivity index (χ3n) is 3.98. The van der Waals surface area contributed by atoms with Crippen LogP contribution in [0.4, 0.5) is 5.69 Å². The standard InChI is InChI=1S/C20H18ClN3O4/c1-27-15-7-8-17(18(11-15)28-2)22-19(25)12-24-20(26)10-9-16(23-24)13-3-5-14(21)6-4-13/h3-11H,12H2,1-2H3,(H,22,25). The molecule has 7 nitrogen and oxygen atoms in total. The van der Waals surface area contributed by atoms with Gasteiger partial charge in [0.25, 0.3) is 5.56 Å². The predicted molar refractivity (Wildman–Crippen MR) is 107 cm³/mol. The molecule has 3 rings (SSSR count). The summed E-state index contributed by atoms with van der Waals surface area (Å²) in [5.41, 5.74) is 1.44. The normalized spacial score (nSPS) is 10.4. The molecule has 2 aromatic carbocycles. The third-order valence-corrected chi connectivity index (χ3v) is 4.23. The van der Waals surface area contributed by atoms with Gasteiger partial charge < -0.3 is 14.8 Å². The second-order valence-corrected chi connectivity index (χ2v) is 6.27. The summed E-state index contributed by atoms with van der Waals surface area (Å²) in [5, 5.41) is 7.59. The summed E-state index contributed by atoms with van der Waals surface area (Å²) >= 11 is 5.90. The number of hydrogen-bond acceptors (Lipinski definition) is 5. The number of ether oxygens (including phenoxy) is 2. The Morgan fingerprint density at radius 1 is 1.07 bits per heavy atom. The zero-order valence-corrected chi connectivity index (χ0v) is 16.1. The first kappa shape index (κ1) is 19.4. The highest BCUT2D eigenvalue weighted by atomic mass is 35.5. The summed E-state index contributed by atoms with van der Waals surface area (Å²) in [6.45, 7) is -0.241. The average molecular weight is 400 g/mol. The van der Waals surface area contributed by atoms with Crippen LogP contribution in [-0.2, 0) is 11.3 Å². The zero-order chi connectivity index (χ0) is 20.1. The Bertz CT molecular complexity index is 1050. The Hall–Kier alpha value is -3.32. The lowest BCUT2D eigenvalue weighted by Gasteiger charge is -2.12. The highest BCUT2D eigenvalue weighted by Gasteiger charge is 2.12. The molecular formula is C20H18ClN3O4. The Labute approximate surface area is 166 Å². The van der Waals surface area contributed by atoms with Gasteiger partial charge >= 0.3 is 0 Å². The van der Waals surface area contributed by atoms with Gasteiger partial charge in [-0.1, -0.05) is 23.7 Å². The Morgan fingerprint density at radius 3 is 2.50 bits per heavy atom. The fourth-order valence-corrected chi connectivity index (χ4v) is 2.69. The van der Waals surface area contributed by atoms with Gasteiger partial charge in [-0.05, 0) is 30.3 Å². The molecule has 0 bridgehead atoms. The van der Waals surface area contributed by atoms with Crippen molar-refractivity contribution in [2.45, 2.75) is 6.54 Å². The topological polar surface area (TPSA) is 82.5 Å². The van der Waals surface area contributed by atoms with Crippen molar-refractivity contribution in [3.05, 3.63) is 70.0 Å². The van der Waals surface area contributed by atoms with Crippen molar-refractivity contribution in [2.75, 3.05) is 19.5 Å². The lowest BCUT2D eigenvalue weighted by atomic mass is 10.1. The average Bonchev–Trinajstić information content (AvgIpc) is 2.70. The van der Waals surface area contributed by atoms with Crippen LogP contribution in [0.3, 0.4) is 0 Å². The summed E-state index contributed by atoms with van der Waals surface area (Å²) < 4.78 is 11.5. The predicted octanol–water partition coefficient (Wildman–Crippen LogP) is 3.22. The van der Waals surface area contributed by atoms with Crippen LogP contribution >= 0.6 is 11.6 Å². The van der Waals surface area contributed by atoms with E-state index < -0.39 is 5.91 Å². The Kier molecular flexibility index (Phi) is 5.96. The van der Waals surface area contributed by atoms with Crippen LogP contribution in [0.15, 0.2) is 59.4 Å². The molecule has 8 heteroatoms. The number of halogens is 1. The molecule has 0 aliphatic heterocycles. The molecule has 144 valence electrons. The van der Waals surface area contributed by atoms with Crippen molar-refractivity contribution in [3.8, 4) is 22.8 Å². The van der Waals surface area contributed by atoms with E-state index in [9.17, 15) is 9.59 Å². The van der Waals surface area contributed by atoms with E-state index in [0.717, 1.165) is 10.2 Å². The van der Waals surface area contributed by atoms with Gasteiger partial charge in [0.05, 0.1) is 25.6 Å². The number of rotatable bonds is 6. The SMILES string of the molecule is COc1ccc(NC(=O)Cn2nc(-c3ccc(Cl)cc3)ccc2=O)c(OC)c1. The number of nitrogens with zero attached hydrogens (tertiary/aromatic N) is 2. The number of aromatic nitrogens is 2. The molecule has 0 unspecified atom stereocenters. The first-order valence-electron chi connectivity index (χ1n) is 8.36. The van der Waals surface area contributed by atoms with Crippen LogP contribution in [-0.4, -0.2) is 29.9 Å². The molecule has 1 heterocycles. The highest BCUT2D eigenvalue weighted by Crippen LogP contribution is 2.29. The lowest BCUT2D eigenvalue weighted by molar-refractivity contribution is -0.117. The minimum atomic E-state index is -0.411. The second-order valence-electron chi connectivity index (χ2n) is 5.84. The van der Waals surface area contributed by atoms with Gasteiger partial charge in [0.2, 0.25) is 5.91 Å². The summed E-state index contributed by atoms with van der Waals surface area (Å²) in [6, 6.07) is 15.0. The molecule has 1 amide bonds. The van der Waals surface area contributed by atoms with E-state index >= 15 is 0 Å². The smallest absolute Gasteiger partial charge is 0.267 e. The maximum absolute atomic E-state index is 12.4. The van der Waals surface area contributed by atoms with E-state index in [2.05, 4.69) is 10.4 Å². The number of anilines is 1. The maximum Gasteiger partial charge on any atom is 0.267 e. The minimum Gasteiger partial charge on any atom is -0.497 e. The summed E-state index contributed by atoms with van der Waals surface area (Å²) in [6.07, 6.45) is 0. The molecule has 0 atom stereocenters. The molecule has 0 spiro atoms. The van der Waals surface area contributed by atoms with Crippen LogP contribution in [0.1, 0.15) is 0 Å². The Morgan fingerprint density at radius 2 is 1.82 bits per heavy atom. The summed E-state index contributed by atoms with van der Waals surface area (Å²) in [5.74, 6) is 0.637. The van der Waals surface area contributed by atoms with Crippen molar-refractivity contribution >= 4 is 23.2 Å². The van der Waals surface area contributed by atoms with E-state index in [-0.39, 0.29) is 12.1 Å². The van der Waals surface area contributed by atoms with E-state index in [1.165, 1.54) is 13.2 Å². The van der Waals surface area contributed by atoms with Gasteiger partial charge in [0.1, 0.15) is 18.0 Å². The Balaban J connectivity index is 1.80. The van der Waals surface area contributed by atoms with E-state index in [1.807, 2.05) is 0 Å². The van der Waals surface area contributed by atoms with Gasteiger partial charge in [0, 0.05) is 22.7 Å². The number of amides is 1.